The number of benzene rings is 1. The van der Waals surface area contributed by atoms with Crippen molar-refractivity contribution < 1.29 is 38.1 Å². The summed E-state index contributed by atoms with van der Waals surface area (Å²) in [4.78, 5) is 50.9. The minimum Gasteiger partial charge on any atom is -0.486 e. The van der Waals surface area contributed by atoms with Crippen molar-refractivity contribution >= 4 is 29.6 Å². The van der Waals surface area contributed by atoms with Gasteiger partial charge in [-0.05, 0) is 26.0 Å². The Morgan fingerprint density at radius 3 is 2.67 bits per heavy atom. The van der Waals surface area contributed by atoms with Crippen LogP contribution in [0.15, 0.2) is 29.5 Å². The van der Waals surface area contributed by atoms with Crippen LogP contribution < -0.4 is 25.0 Å². The van der Waals surface area contributed by atoms with E-state index in [-0.39, 0.29) is 43.4 Å². The number of carbonyl (C=O) groups is 4. The largest absolute Gasteiger partial charge is 0.486 e. The molecule has 11 nitrogen and oxygen atoms in total. The summed E-state index contributed by atoms with van der Waals surface area (Å²) < 4.78 is 21.5. The predicted molar refractivity (Wildman–Crippen MR) is 114 cm³/mol. The molecule has 2 atom stereocenters. The number of hydrogen-bond acceptors (Lipinski definition) is 8. The molecule has 2 N–H and O–H groups in total. The maximum Gasteiger partial charge on any atom is 0.338 e. The molecule has 3 amide bonds. The third kappa shape index (κ3) is 4.71. The zero-order valence-electron chi connectivity index (χ0n) is 18.3. The number of esters is 2. The first-order valence-electron chi connectivity index (χ1n) is 10.7. The topological polar surface area (TPSA) is 132 Å². The van der Waals surface area contributed by atoms with Crippen LogP contribution in [0.4, 0.5) is 10.5 Å². The maximum atomic E-state index is 12.7. The molecule has 1 fully saturated rings. The molecule has 1 aromatic carbocycles. The molecule has 0 aliphatic carbocycles. The van der Waals surface area contributed by atoms with Crippen molar-refractivity contribution in [1.82, 2.24) is 10.6 Å². The zero-order valence-corrected chi connectivity index (χ0v) is 18.3. The van der Waals surface area contributed by atoms with Gasteiger partial charge in [0, 0.05) is 24.7 Å². The molecule has 0 radical (unpaired) electrons. The molecule has 0 spiro atoms. The highest BCUT2D eigenvalue weighted by atomic mass is 16.6. The molecule has 1 aromatic rings. The van der Waals surface area contributed by atoms with Crippen LogP contribution in [0.3, 0.4) is 0 Å². The minimum atomic E-state index is -0.688. The first-order chi connectivity index (χ1) is 15.9. The van der Waals surface area contributed by atoms with E-state index in [2.05, 4.69) is 10.6 Å². The van der Waals surface area contributed by atoms with Gasteiger partial charge in [0.1, 0.15) is 19.8 Å². The summed E-state index contributed by atoms with van der Waals surface area (Å²) in [7, 11) is 0. The van der Waals surface area contributed by atoms with Crippen LogP contribution in [0.1, 0.15) is 20.3 Å². The molecular weight excluding hydrogens is 434 g/mol. The van der Waals surface area contributed by atoms with Gasteiger partial charge in [-0.15, -0.1) is 0 Å². The molecule has 11 heteroatoms. The monoisotopic (exact) mass is 459 g/mol. The van der Waals surface area contributed by atoms with E-state index in [1.54, 1.807) is 32.0 Å². The molecule has 0 bridgehead atoms. The van der Waals surface area contributed by atoms with Crippen LogP contribution >= 0.6 is 0 Å². The van der Waals surface area contributed by atoms with Gasteiger partial charge in [-0.1, -0.05) is 0 Å². The van der Waals surface area contributed by atoms with Crippen LogP contribution in [0.25, 0.3) is 0 Å². The summed E-state index contributed by atoms with van der Waals surface area (Å²) in [6, 6.07) is 4.06. The van der Waals surface area contributed by atoms with Crippen molar-refractivity contribution in [3.63, 3.8) is 0 Å². The standard InChI is InChI=1S/C22H25N3O8/c1-3-30-21(28)19-12(2)23-22(29)24-15(19)11-33-20(27)13-8-18(26)25(10-13)14-4-5-16-17(9-14)32-7-6-31-16/h4-5,9,12-13H,3,6-8,10-11H2,1-2H3,(H2,23,24,29)/t12-,13-/m1/s1. The summed E-state index contributed by atoms with van der Waals surface area (Å²) in [5.41, 5.74) is 0.946. The second-order valence-corrected chi connectivity index (χ2v) is 7.77. The number of nitrogens with zero attached hydrogens (tertiary/aromatic N) is 1. The number of hydrogen-bond donors (Lipinski definition) is 2. The summed E-state index contributed by atoms with van der Waals surface area (Å²) in [5, 5.41) is 5.08. The van der Waals surface area contributed by atoms with Crippen LogP contribution in [-0.2, 0) is 23.9 Å². The molecule has 3 aliphatic rings. The Morgan fingerprint density at radius 2 is 1.91 bits per heavy atom. The number of rotatable bonds is 6. The smallest absolute Gasteiger partial charge is 0.338 e. The number of ether oxygens (including phenoxy) is 4. The number of urea groups is 1. The lowest BCUT2D eigenvalue weighted by Crippen LogP contribution is -2.50. The van der Waals surface area contributed by atoms with E-state index >= 15 is 0 Å². The quantitative estimate of drug-likeness (QED) is 0.599. The fraction of sp³-hybridized carbons (Fsp3) is 0.455. The molecule has 3 heterocycles. The SMILES string of the molecule is CCOC(=O)C1=C(COC(=O)[C@@H]2CC(=O)N(c3ccc4c(c3)OCCO4)C2)NC(=O)N[C@@H]1C. The second kappa shape index (κ2) is 9.39. The lowest BCUT2D eigenvalue weighted by Gasteiger charge is -2.26. The fourth-order valence-electron chi connectivity index (χ4n) is 3.97. The van der Waals surface area contributed by atoms with E-state index in [1.807, 2.05) is 0 Å². The van der Waals surface area contributed by atoms with Crippen LogP contribution in [0, 0.1) is 5.92 Å². The average Bonchev–Trinajstić information content (AvgIpc) is 3.18. The summed E-state index contributed by atoms with van der Waals surface area (Å²) in [6.45, 7) is 4.18. The third-order valence-electron chi connectivity index (χ3n) is 5.52. The Balaban J connectivity index is 1.42. The molecule has 1 saturated heterocycles. The van der Waals surface area contributed by atoms with Crippen molar-refractivity contribution in [2.24, 2.45) is 5.92 Å². The Bertz CT molecular complexity index is 1020. The third-order valence-corrected chi connectivity index (χ3v) is 5.52. The summed E-state index contributed by atoms with van der Waals surface area (Å²) in [5.74, 6) is -0.955. The van der Waals surface area contributed by atoms with Crippen LogP contribution in [-0.4, -0.2) is 62.9 Å². The Kier molecular flexibility index (Phi) is 6.38. The number of amides is 3. The van der Waals surface area contributed by atoms with Crippen molar-refractivity contribution in [2.75, 3.05) is 37.9 Å². The van der Waals surface area contributed by atoms with Crippen LogP contribution in [0.5, 0.6) is 11.5 Å². The first kappa shape index (κ1) is 22.4. The Hall–Kier alpha value is -3.76. The van der Waals surface area contributed by atoms with E-state index in [9.17, 15) is 19.2 Å². The zero-order chi connectivity index (χ0) is 23.5. The van der Waals surface area contributed by atoms with Gasteiger partial charge in [0.25, 0.3) is 0 Å². The normalized spacial score (nSPS) is 21.9. The lowest BCUT2D eigenvalue weighted by atomic mass is 10.0. The van der Waals surface area contributed by atoms with Gasteiger partial charge in [-0.2, -0.15) is 0 Å². The van der Waals surface area contributed by atoms with Crippen molar-refractivity contribution in [3.8, 4) is 11.5 Å². The van der Waals surface area contributed by atoms with Gasteiger partial charge in [-0.3, -0.25) is 9.59 Å². The summed E-state index contributed by atoms with van der Waals surface area (Å²) >= 11 is 0. The highest BCUT2D eigenvalue weighted by Crippen LogP contribution is 2.36. The van der Waals surface area contributed by atoms with Gasteiger partial charge in [0.15, 0.2) is 11.5 Å². The average molecular weight is 459 g/mol. The number of fused-ring (bicyclic) bond motifs is 1. The van der Waals surface area contributed by atoms with Gasteiger partial charge in [-0.25, -0.2) is 9.59 Å². The number of carbonyl (C=O) groups excluding carboxylic acids is 4. The van der Waals surface area contributed by atoms with E-state index in [0.29, 0.717) is 30.4 Å². The predicted octanol–water partition coefficient (Wildman–Crippen LogP) is 0.872. The maximum absolute atomic E-state index is 12.7. The molecule has 33 heavy (non-hydrogen) atoms. The molecule has 176 valence electrons. The van der Waals surface area contributed by atoms with E-state index in [1.165, 1.54) is 4.90 Å². The lowest BCUT2D eigenvalue weighted by molar-refractivity contribution is -0.147. The molecule has 3 aliphatic heterocycles. The van der Waals surface area contributed by atoms with Gasteiger partial charge in [0.05, 0.1) is 29.8 Å². The fourth-order valence-corrected chi connectivity index (χ4v) is 3.97. The Labute approximate surface area is 190 Å². The van der Waals surface area contributed by atoms with E-state index in [4.69, 9.17) is 18.9 Å². The van der Waals surface area contributed by atoms with Gasteiger partial charge in [0.2, 0.25) is 5.91 Å². The molecule has 0 saturated carbocycles. The molecule has 0 unspecified atom stereocenters. The molecular formula is C22H25N3O8. The highest BCUT2D eigenvalue weighted by molar-refractivity contribution is 6.00. The van der Waals surface area contributed by atoms with Gasteiger partial charge < -0.3 is 34.5 Å². The number of anilines is 1. The van der Waals surface area contributed by atoms with Crippen LogP contribution in [0.2, 0.25) is 0 Å². The molecule has 4 rings (SSSR count). The second-order valence-electron chi connectivity index (χ2n) is 7.77. The molecule has 0 aromatic heterocycles. The van der Waals surface area contributed by atoms with E-state index in [0.717, 1.165) is 0 Å². The first-order valence-corrected chi connectivity index (χ1v) is 10.7. The Morgan fingerprint density at radius 1 is 1.15 bits per heavy atom. The van der Waals surface area contributed by atoms with Crippen molar-refractivity contribution in [1.29, 1.82) is 0 Å². The highest BCUT2D eigenvalue weighted by Gasteiger charge is 2.37. The van der Waals surface area contributed by atoms with Gasteiger partial charge >= 0.3 is 18.0 Å². The summed E-state index contributed by atoms with van der Waals surface area (Å²) in [6.07, 6.45) is -0.0125. The number of nitrogens with one attached hydrogen (secondary N) is 2. The van der Waals surface area contributed by atoms with Crippen molar-refractivity contribution in [2.45, 2.75) is 26.3 Å². The van der Waals surface area contributed by atoms with Crippen molar-refractivity contribution in [3.05, 3.63) is 29.5 Å². The minimum absolute atomic E-state index is 0.0125. The van der Waals surface area contributed by atoms with E-state index < -0.39 is 29.9 Å².